The number of fused-ring (bicyclic) bond motifs is 1. The molecule has 2 fully saturated rings. The Bertz CT molecular complexity index is 1900. The van der Waals surface area contributed by atoms with Crippen LogP contribution in [0.25, 0.3) is 33.6 Å². The number of ether oxygens (including phenoxy) is 4. The van der Waals surface area contributed by atoms with Crippen LogP contribution in [0.5, 0.6) is 11.5 Å². The molecule has 2 aliphatic heterocycles. The van der Waals surface area contributed by atoms with Crippen molar-refractivity contribution in [1.29, 1.82) is 5.26 Å². The number of hydrogen-bond donors (Lipinski definition) is 1. The number of furan rings is 1. The second-order valence-corrected chi connectivity index (χ2v) is 13.9. The number of likely N-dealkylation sites (tertiary alicyclic amines) is 1. The van der Waals surface area contributed by atoms with E-state index in [1.165, 1.54) is 0 Å². The Morgan fingerprint density at radius 2 is 1.86 bits per heavy atom. The number of aromatic nitrogens is 1. The molecule has 2 aliphatic rings. The molecular formula is C38H42N4O7. The molecule has 11 nitrogen and oxygen atoms in total. The normalized spacial score (nSPS) is 18.5. The summed E-state index contributed by atoms with van der Waals surface area (Å²) in [5, 5.41) is 13.1. The van der Waals surface area contributed by atoms with E-state index < -0.39 is 11.1 Å². The minimum absolute atomic E-state index is 0.0179. The van der Waals surface area contributed by atoms with E-state index >= 15 is 0 Å². The van der Waals surface area contributed by atoms with Crippen molar-refractivity contribution >= 4 is 23.1 Å². The van der Waals surface area contributed by atoms with Gasteiger partial charge in [-0.1, -0.05) is 6.07 Å². The number of nitrogens with one attached hydrogen (secondary N) is 1. The van der Waals surface area contributed by atoms with Crippen molar-refractivity contribution in [1.82, 2.24) is 15.2 Å². The third-order valence-electron chi connectivity index (χ3n) is 8.78. The number of hydrogen-bond acceptors (Lipinski definition) is 9. The number of piperidine rings is 1. The number of methoxy groups -OCH3 is 1. The highest BCUT2D eigenvalue weighted by molar-refractivity contribution is 5.97. The number of benzene rings is 2. The molecule has 1 unspecified atom stereocenters. The highest BCUT2D eigenvalue weighted by Gasteiger charge is 2.36. The molecule has 11 heteroatoms. The Morgan fingerprint density at radius 3 is 2.59 bits per heavy atom. The van der Waals surface area contributed by atoms with Gasteiger partial charge in [0.2, 0.25) is 0 Å². The fourth-order valence-corrected chi connectivity index (χ4v) is 6.37. The molecule has 0 bridgehead atoms. The van der Waals surface area contributed by atoms with Gasteiger partial charge in [-0.15, -0.1) is 0 Å². The van der Waals surface area contributed by atoms with Crippen LogP contribution in [0.15, 0.2) is 59.1 Å². The number of nitrogens with zero attached hydrogens (tertiary/aromatic N) is 3. The minimum Gasteiger partial charge on any atom is -0.496 e. The zero-order valence-corrected chi connectivity index (χ0v) is 28.6. The van der Waals surface area contributed by atoms with Gasteiger partial charge in [0.1, 0.15) is 40.6 Å². The summed E-state index contributed by atoms with van der Waals surface area (Å²) in [7, 11) is 1.54. The van der Waals surface area contributed by atoms with Crippen molar-refractivity contribution in [3.63, 3.8) is 0 Å². The van der Waals surface area contributed by atoms with E-state index in [2.05, 4.69) is 16.4 Å². The third kappa shape index (κ3) is 7.65. The van der Waals surface area contributed by atoms with Crippen molar-refractivity contribution in [3.8, 4) is 40.0 Å². The van der Waals surface area contributed by atoms with Crippen LogP contribution in [0.3, 0.4) is 0 Å². The first-order chi connectivity index (χ1) is 23.4. The number of carbonyl (C=O) groups excluding carboxylic acids is 2. The summed E-state index contributed by atoms with van der Waals surface area (Å²) in [5.74, 6) is 1.25. The van der Waals surface area contributed by atoms with Crippen LogP contribution >= 0.6 is 0 Å². The molecule has 0 spiro atoms. The summed E-state index contributed by atoms with van der Waals surface area (Å²) < 4.78 is 29.3. The van der Waals surface area contributed by atoms with E-state index in [-0.39, 0.29) is 18.1 Å². The van der Waals surface area contributed by atoms with E-state index in [0.29, 0.717) is 71.4 Å². The number of amides is 2. The van der Waals surface area contributed by atoms with E-state index in [9.17, 15) is 14.9 Å². The van der Waals surface area contributed by atoms with Crippen LogP contribution < -0.4 is 14.8 Å². The Morgan fingerprint density at radius 1 is 1.06 bits per heavy atom. The molecule has 2 aromatic carbocycles. The molecule has 1 atom stereocenters. The van der Waals surface area contributed by atoms with E-state index in [1.807, 2.05) is 52.0 Å². The summed E-state index contributed by atoms with van der Waals surface area (Å²) >= 11 is 0. The second-order valence-electron chi connectivity index (χ2n) is 13.9. The van der Waals surface area contributed by atoms with Gasteiger partial charge in [0, 0.05) is 49.3 Å². The quantitative estimate of drug-likeness (QED) is 0.219. The maximum absolute atomic E-state index is 13.5. The Hall–Kier alpha value is -5.08. The van der Waals surface area contributed by atoms with Gasteiger partial charge in [-0.3, -0.25) is 9.78 Å². The topological polar surface area (TPSA) is 136 Å². The van der Waals surface area contributed by atoms with Crippen molar-refractivity contribution in [2.75, 3.05) is 33.4 Å². The van der Waals surface area contributed by atoms with E-state index in [1.54, 1.807) is 42.5 Å². The largest absolute Gasteiger partial charge is 0.496 e. The van der Waals surface area contributed by atoms with Crippen LogP contribution in [0, 0.1) is 11.3 Å². The maximum atomic E-state index is 13.5. The van der Waals surface area contributed by atoms with Gasteiger partial charge >= 0.3 is 6.09 Å². The highest BCUT2D eigenvalue weighted by atomic mass is 16.6. The van der Waals surface area contributed by atoms with Crippen LogP contribution in [0.4, 0.5) is 4.79 Å². The van der Waals surface area contributed by atoms with Gasteiger partial charge in [0.25, 0.3) is 5.91 Å². The first kappa shape index (κ1) is 33.8. The van der Waals surface area contributed by atoms with E-state index in [4.69, 9.17) is 23.4 Å². The van der Waals surface area contributed by atoms with Crippen LogP contribution in [-0.2, 0) is 9.47 Å². The molecule has 49 heavy (non-hydrogen) atoms. The fraction of sp³-hybridized carbons (Fsp3) is 0.421. The Balaban J connectivity index is 1.22. The van der Waals surface area contributed by atoms with E-state index in [0.717, 1.165) is 36.8 Å². The van der Waals surface area contributed by atoms with Gasteiger partial charge in [-0.25, -0.2) is 4.79 Å². The molecule has 0 saturated carbocycles. The van der Waals surface area contributed by atoms with Gasteiger partial charge < -0.3 is 33.6 Å². The van der Waals surface area contributed by atoms with Crippen LogP contribution in [0.2, 0.25) is 0 Å². The zero-order chi connectivity index (χ0) is 34.8. The zero-order valence-electron chi connectivity index (χ0n) is 28.6. The maximum Gasteiger partial charge on any atom is 0.410 e. The summed E-state index contributed by atoms with van der Waals surface area (Å²) in [5.41, 5.74) is 3.05. The molecule has 2 saturated heterocycles. The van der Waals surface area contributed by atoms with Crippen molar-refractivity contribution in [2.24, 2.45) is 0 Å². The monoisotopic (exact) mass is 666 g/mol. The van der Waals surface area contributed by atoms with Gasteiger partial charge in [-0.2, -0.15) is 5.26 Å². The highest BCUT2D eigenvalue weighted by Crippen LogP contribution is 2.39. The SMILES string of the molecule is COc1cc(C(=O)NC2(C)CCCN(C(=O)OC(C)(C)C)C2)ccc1-c1cc2nccc(-c3ccc(OC4CCOCC4)c(C#N)c3)c2o1. The lowest BCUT2D eigenvalue weighted by Gasteiger charge is -2.41. The smallest absolute Gasteiger partial charge is 0.410 e. The standard InChI is InChI=1S/C38H42N4O7/c1-37(2,3)49-36(44)42-16-6-14-38(4,23-42)41-35(43)25-7-9-29(32(20-25)45-5)33-21-30-34(48-33)28(11-15-40-30)24-8-10-31(26(19-24)22-39)47-27-12-17-46-18-13-27/h7-11,15,19-21,27H,6,12-14,16-18,23H2,1-5H3,(H,41,43). The molecular weight excluding hydrogens is 624 g/mol. The fourth-order valence-electron chi connectivity index (χ4n) is 6.37. The molecule has 6 rings (SSSR count). The lowest BCUT2D eigenvalue weighted by Crippen LogP contribution is -2.58. The summed E-state index contributed by atoms with van der Waals surface area (Å²) in [6.07, 6.45) is 4.38. The lowest BCUT2D eigenvalue weighted by molar-refractivity contribution is 0.0122. The lowest BCUT2D eigenvalue weighted by atomic mass is 9.90. The first-order valence-corrected chi connectivity index (χ1v) is 16.6. The average molecular weight is 667 g/mol. The predicted molar refractivity (Wildman–Crippen MR) is 184 cm³/mol. The predicted octanol–water partition coefficient (Wildman–Crippen LogP) is 7.12. The molecule has 2 aromatic heterocycles. The number of rotatable bonds is 7. The molecule has 0 radical (unpaired) electrons. The van der Waals surface area contributed by atoms with Gasteiger partial charge in [-0.05, 0) is 82.5 Å². The Labute approximate surface area is 286 Å². The molecule has 256 valence electrons. The third-order valence-corrected chi connectivity index (χ3v) is 8.78. The molecule has 4 aromatic rings. The van der Waals surface area contributed by atoms with Crippen molar-refractivity contribution in [2.45, 2.75) is 70.6 Å². The molecule has 4 heterocycles. The van der Waals surface area contributed by atoms with Crippen LogP contribution in [0.1, 0.15) is 69.3 Å². The minimum atomic E-state index is -0.625. The van der Waals surface area contributed by atoms with Crippen molar-refractivity contribution in [3.05, 3.63) is 65.9 Å². The summed E-state index contributed by atoms with van der Waals surface area (Å²) in [6, 6.07) is 16.7. The summed E-state index contributed by atoms with van der Waals surface area (Å²) in [4.78, 5) is 32.4. The van der Waals surface area contributed by atoms with Gasteiger partial charge in [0.15, 0.2) is 5.58 Å². The molecule has 1 N–H and O–H groups in total. The first-order valence-electron chi connectivity index (χ1n) is 16.6. The number of nitriles is 1. The molecule has 0 aliphatic carbocycles. The number of pyridine rings is 1. The second kappa shape index (κ2) is 13.8. The number of carbonyl (C=O) groups is 2. The van der Waals surface area contributed by atoms with Crippen LogP contribution in [-0.4, -0.2) is 72.5 Å². The Kier molecular flexibility index (Phi) is 9.52. The average Bonchev–Trinajstić information content (AvgIpc) is 3.52. The summed E-state index contributed by atoms with van der Waals surface area (Å²) in [6.45, 7) is 9.67. The van der Waals surface area contributed by atoms with Gasteiger partial charge in [0.05, 0.1) is 37.0 Å². The van der Waals surface area contributed by atoms with Crippen molar-refractivity contribution < 1.29 is 33.0 Å². The molecule has 2 amide bonds.